The van der Waals surface area contributed by atoms with Crippen LogP contribution in [0.3, 0.4) is 0 Å². The van der Waals surface area contributed by atoms with E-state index in [1.54, 1.807) is 0 Å². The average molecular weight is 351 g/mol. The van der Waals surface area contributed by atoms with Crippen LogP contribution in [0, 0.1) is 0 Å². The molecule has 0 radical (unpaired) electrons. The van der Waals surface area contributed by atoms with Crippen molar-refractivity contribution in [3.63, 3.8) is 0 Å². The van der Waals surface area contributed by atoms with Gasteiger partial charge in [0.1, 0.15) is 0 Å². The Bertz CT molecular complexity index is 664. The van der Waals surface area contributed by atoms with Crippen LogP contribution in [-0.2, 0) is 22.3 Å². The molecular weight excluding hydrogens is 320 g/mol. The van der Waals surface area contributed by atoms with E-state index in [1.165, 1.54) is 29.5 Å². The molecule has 138 valence electrons. The maximum atomic E-state index is 6.01. The molecule has 1 fully saturated rings. The minimum absolute atomic E-state index is 0.240. The van der Waals surface area contributed by atoms with Gasteiger partial charge in [0, 0.05) is 11.5 Å². The molecule has 0 bridgehead atoms. The molecule has 0 amide bonds. The highest BCUT2D eigenvalue weighted by atomic mass is 16.7. The fourth-order valence-electron chi connectivity index (χ4n) is 3.37. The highest BCUT2D eigenvalue weighted by Gasteiger charge is 2.24. The third-order valence-corrected chi connectivity index (χ3v) is 5.13. The van der Waals surface area contributed by atoms with Crippen LogP contribution in [0.5, 0.6) is 0 Å². The number of unbranched alkanes of at least 4 members (excludes halogenated alkanes) is 2. The normalized spacial score (nSPS) is 20.0. The van der Waals surface area contributed by atoms with Crippen LogP contribution in [0.2, 0.25) is 0 Å². The van der Waals surface area contributed by atoms with Crippen molar-refractivity contribution in [2.75, 3.05) is 13.2 Å². The lowest BCUT2D eigenvalue weighted by Crippen LogP contribution is -2.25. The SMILES string of the molecule is C=CCCCCc1ccc(C2OCC(c3ccc(CC)cc3)CO2)cc1. The molecule has 1 saturated heterocycles. The first-order valence-corrected chi connectivity index (χ1v) is 9.82. The zero-order valence-electron chi connectivity index (χ0n) is 15.8. The van der Waals surface area contributed by atoms with E-state index in [0.29, 0.717) is 19.1 Å². The maximum Gasteiger partial charge on any atom is 0.183 e. The highest BCUT2D eigenvalue weighted by Crippen LogP contribution is 2.30. The zero-order valence-corrected chi connectivity index (χ0v) is 15.8. The fourth-order valence-corrected chi connectivity index (χ4v) is 3.37. The molecule has 0 spiro atoms. The summed E-state index contributed by atoms with van der Waals surface area (Å²) in [5.41, 5.74) is 5.16. The van der Waals surface area contributed by atoms with E-state index in [1.807, 2.05) is 6.08 Å². The Morgan fingerprint density at radius 1 is 0.885 bits per heavy atom. The Labute approximate surface area is 157 Å². The van der Waals surface area contributed by atoms with Crippen LogP contribution in [0.1, 0.15) is 60.6 Å². The molecule has 2 nitrogen and oxygen atoms in total. The summed E-state index contributed by atoms with van der Waals surface area (Å²) in [6.45, 7) is 7.37. The summed E-state index contributed by atoms with van der Waals surface area (Å²) >= 11 is 0. The lowest BCUT2D eigenvalue weighted by molar-refractivity contribution is -0.191. The standard InChI is InChI=1S/C24H30O2/c1-3-5-6-7-8-20-11-15-22(16-12-20)24-25-17-23(18-26-24)21-13-9-19(4-2)10-14-21/h3,9-16,23-24H,1,4-8,17-18H2,2H3. The monoisotopic (exact) mass is 350 g/mol. The van der Waals surface area contributed by atoms with Crippen molar-refractivity contribution in [1.82, 2.24) is 0 Å². The first-order valence-electron chi connectivity index (χ1n) is 9.82. The number of allylic oxidation sites excluding steroid dienone is 1. The van der Waals surface area contributed by atoms with Gasteiger partial charge < -0.3 is 9.47 Å². The molecule has 0 atom stereocenters. The molecule has 0 aliphatic carbocycles. The lowest BCUT2D eigenvalue weighted by atomic mass is 9.98. The van der Waals surface area contributed by atoms with E-state index in [4.69, 9.17) is 9.47 Å². The van der Waals surface area contributed by atoms with Crippen LogP contribution in [0.25, 0.3) is 0 Å². The molecule has 1 aliphatic rings. The van der Waals surface area contributed by atoms with E-state index >= 15 is 0 Å². The van der Waals surface area contributed by atoms with Crippen LogP contribution < -0.4 is 0 Å². The number of hydrogen-bond donors (Lipinski definition) is 0. The van der Waals surface area contributed by atoms with Gasteiger partial charge >= 0.3 is 0 Å². The fraction of sp³-hybridized carbons (Fsp3) is 0.417. The van der Waals surface area contributed by atoms with Gasteiger partial charge in [0.15, 0.2) is 6.29 Å². The number of aryl methyl sites for hydroxylation is 2. The third-order valence-electron chi connectivity index (χ3n) is 5.13. The Kier molecular flexibility index (Phi) is 7.04. The van der Waals surface area contributed by atoms with Crippen LogP contribution in [-0.4, -0.2) is 13.2 Å². The summed E-state index contributed by atoms with van der Waals surface area (Å²) in [6.07, 6.45) is 7.47. The number of hydrogen-bond acceptors (Lipinski definition) is 2. The highest BCUT2D eigenvalue weighted by molar-refractivity contribution is 5.27. The maximum absolute atomic E-state index is 6.01. The topological polar surface area (TPSA) is 18.5 Å². The average Bonchev–Trinajstić information content (AvgIpc) is 2.72. The number of ether oxygens (including phenoxy) is 2. The van der Waals surface area contributed by atoms with Gasteiger partial charge in [-0.3, -0.25) is 0 Å². The lowest BCUT2D eigenvalue weighted by Gasteiger charge is -2.30. The summed E-state index contributed by atoms with van der Waals surface area (Å²) in [7, 11) is 0. The van der Waals surface area contributed by atoms with Crippen molar-refractivity contribution < 1.29 is 9.47 Å². The van der Waals surface area contributed by atoms with E-state index in [9.17, 15) is 0 Å². The predicted octanol–water partition coefficient (Wildman–Crippen LogP) is 5.98. The van der Waals surface area contributed by atoms with Crippen LogP contribution in [0.4, 0.5) is 0 Å². The Morgan fingerprint density at radius 3 is 2.12 bits per heavy atom. The molecule has 2 heteroatoms. The van der Waals surface area contributed by atoms with Gasteiger partial charge in [0.2, 0.25) is 0 Å². The smallest absolute Gasteiger partial charge is 0.183 e. The Hall–Kier alpha value is -1.90. The first-order chi connectivity index (χ1) is 12.8. The number of benzene rings is 2. The summed E-state index contributed by atoms with van der Waals surface area (Å²) in [5.74, 6) is 0.321. The Balaban J connectivity index is 1.50. The van der Waals surface area contributed by atoms with Gasteiger partial charge in [-0.2, -0.15) is 0 Å². The summed E-state index contributed by atoms with van der Waals surface area (Å²) < 4.78 is 12.0. The van der Waals surface area contributed by atoms with E-state index in [2.05, 4.69) is 62.0 Å². The molecule has 0 saturated carbocycles. The van der Waals surface area contributed by atoms with E-state index < -0.39 is 0 Å². The Morgan fingerprint density at radius 2 is 1.50 bits per heavy atom. The molecule has 26 heavy (non-hydrogen) atoms. The van der Waals surface area contributed by atoms with Crippen molar-refractivity contribution in [2.45, 2.75) is 51.2 Å². The van der Waals surface area contributed by atoms with Crippen molar-refractivity contribution in [2.24, 2.45) is 0 Å². The molecule has 3 rings (SSSR count). The molecule has 0 N–H and O–H groups in total. The van der Waals surface area contributed by atoms with Gasteiger partial charge in [0.05, 0.1) is 13.2 Å². The van der Waals surface area contributed by atoms with Crippen molar-refractivity contribution >= 4 is 0 Å². The second-order valence-electron chi connectivity index (χ2n) is 7.07. The van der Waals surface area contributed by atoms with Gasteiger partial charge in [0.25, 0.3) is 0 Å². The summed E-state index contributed by atoms with van der Waals surface area (Å²) in [6, 6.07) is 17.5. The van der Waals surface area contributed by atoms with Crippen LogP contribution >= 0.6 is 0 Å². The molecule has 0 aromatic heterocycles. The van der Waals surface area contributed by atoms with Crippen LogP contribution in [0.15, 0.2) is 61.2 Å². The van der Waals surface area contributed by atoms with Gasteiger partial charge in [-0.25, -0.2) is 0 Å². The van der Waals surface area contributed by atoms with E-state index in [-0.39, 0.29) is 6.29 Å². The number of rotatable bonds is 8. The molecule has 1 aliphatic heterocycles. The molecule has 0 unspecified atom stereocenters. The predicted molar refractivity (Wildman–Crippen MR) is 107 cm³/mol. The van der Waals surface area contributed by atoms with Crippen molar-refractivity contribution in [3.05, 3.63) is 83.4 Å². The minimum Gasteiger partial charge on any atom is -0.348 e. The second-order valence-corrected chi connectivity index (χ2v) is 7.07. The zero-order chi connectivity index (χ0) is 18.2. The summed E-state index contributed by atoms with van der Waals surface area (Å²) in [5, 5.41) is 0. The van der Waals surface area contributed by atoms with Crippen molar-refractivity contribution in [1.29, 1.82) is 0 Å². The first kappa shape index (κ1) is 18.9. The molecule has 1 heterocycles. The molecule has 2 aromatic rings. The minimum atomic E-state index is -0.240. The van der Waals surface area contributed by atoms with Gasteiger partial charge in [-0.15, -0.1) is 6.58 Å². The second kappa shape index (κ2) is 9.70. The third kappa shape index (κ3) is 5.06. The largest absolute Gasteiger partial charge is 0.348 e. The molecule has 2 aromatic carbocycles. The van der Waals surface area contributed by atoms with Gasteiger partial charge in [-0.1, -0.05) is 61.5 Å². The molecular formula is C24H30O2. The van der Waals surface area contributed by atoms with E-state index in [0.717, 1.165) is 24.8 Å². The summed E-state index contributed by atoms with van der Waals surface area (Å²) in [4.78, 5) is 0. The van der Waals surface area contributed by atoms with Gasteiger partial charge in [-0.05, 0) is 48.8 Å². The van der Waals surface area contributed by atoms with Crippen molar-refractivity contribution in [3.8, 4) is 0 Å². The quantitative estimate of drug-likeness (QED) is 0.431.